The van der Waals surface area contributed by atoms with Gasteiger partial charge in [0.2, 0.25) is 5.91 Å². The van der Waals surface area contributed by atoms with Crippen LogP contribution in [0, 0.1) is 6.92 Å². The number of aryl methyl sites for hydroxylation is 1. The topological polar surface area (TPSA) is 70.6 Å². The Hall–Kier alpha value is -2.47. The molecule has 0 aromatic heterocycles. The highest BCUT2D eigenvalue weighted by Crippen LogP contribution is 2.16. The minimum Gasteiger partial charge on any atom is -0.326 e. The van der Waals surface area contributed by atoms with Crippen molar-refractivity contribution in [3.8, 4) is 0 Å². The third kappa shape index (κ3) is 5.03. The van der Waals surface area contributed by atoms with Crippen molar-refractivity contribution in [1.29, 1.82) is 0 Å². The maximum Gasteiger partial charge on any atom is 0.271 e. The van der Waals surface area contributed by atoms with Crippen molar-refractivity contribution in [3.05, 3.63) is 63.6 Å². The molecule has 118 valence electrons. The number of nitrogens with zero attached hydrogens (tertiary/aromatic N) is 1. The minimum absolute atomic E-state index is 0.156. The van der Waals surface area contributed by atoms with Crippen molar-refractivity contribution in [1.82, 2.24) is 5.43 Å². The van der Waals surface area contributed by atoms with Crippen LogP contribution >= 0.6 is 15.9 Å². The molecule has 23 heavy (non-hydrogen) atoms. The SMILES string of the molecule is CC(=O)Nc1ccc(C(=O)NN=Cc2ccc(C)c(Br)c2)cc1. The highest BCUT2D eigenvalue weighted by Gasteiger charge is 2.04. The molecule has 2 aromatic carbocycles. The molecule has 6 heteroatoms. The molecule has 2 N–H and O–H groups in total. The van der Waals surface area contributed by atoms with Crippen LogP contribution in [0.25, 0.3) is 0 Å². The third-order valence-electron chi connectivity index (χ3n) is 3.04. The Morgan fingerprint density at radius 3 is 2.43 bits per heavy atom. The van der Waals surface area contributed by atoms with E-state index in [1.807, 2.05) is 25.1 Å². The van der Waals surface area contributed by atoms with Crippen molar-refractivity contribution < 1.29 is 9.59 Å². The number of hydrogen-bond acceptors (Lipinski definition) is 3. The lowest BCUT2D eigenvalue weighted by molar-refractivity contribution is -0.114. The van der Waals surface area contributed by atoms with Crippen molar-refractivity contribution in [2.24, 2.45) is 5.10 Å². The maximum absolute atomic E-state index is 12.0. The normalized spacial score (nSPS) is 10.6. The van der Waals surface area contributed by atoms with Gasteiger partial charge in [0.1, 0.15) is 0 Å². The van der Waals surface area contributed by atoms with Crippen LogP contribution in [-0.2, 0) is 4.79 Å². The largest absolute Gasteiger partial charge is 0.326 e. The number of hydrogen-bond donors (Lipinski definition) is 2. The molecule has 5 nitrogen and oxygen atoms in total. The van der Waals surface area contributed by atoms with Crippen LogP contribution in [0.3, 0.4) is 0 Å². The second kappa shape index (κ2) is 7.69. The molecule has 0 heterocycles. The summed E-state index contributed by atoms with van der Waals surface area (Å²) in [7, 11) is 0. The lowest BCUT2D eigenvalue weighted by Crippen LogP contribution is -2.17. The van der Waals surface area contributed by atoms with E-state index in [0.29, 0.717) is 11.3 Å². The van der Waals surface area contributed by atoms with Gasteiger partial charge in [-0.1, -0.05) is 28.1 Å². The van der Waals surface area contributed by atoms with E-state index in [9.17, 15) is 9.59 Å². The number of rotatable bonds is 4. The van der Waals surface area contributed by atoms with E-state index in [-0.39, 0.29) is 11.8 Å². The number of carbonyl (C=O) groups is 2. The average Bonchev–Trinajstić information content (AvgIpc) is 2.51. The first-order valence-corrected chi connectivity index (χ1v) is 7.72. The van der Waals surface area contributed by atoms with Gasteiger partial charge in [-0.2, -0.15) is 5.10 Å². The quantitative estimate of drug-likeness (QED) is 0.636. The molecule has 0 unspecified atom stereocenters. The Kier molecular flexibility index (Phi) is 5.65. The fourth-order valence-electron chi connectivity index (χ4n) is 1.83. The summed E-state index contributed by atoms with van der Waals surface area (Å²) in [6.45, 7) is 3.43. The molecule has 0 fully saturated rings. The van der Waals surface area contributed by atoms with E-state index in [1.54, 1.807) is 30.5 Å². The van der Waals surface area contributed by atoms with Crippen LogP contribution in [-0.4, -0.2) is 18.0 Å². The molecular formula is C17H16BrN3O2. The highest BCUT2D eigenvalue weighted by molar-refractivity contribution is 9.10. The van der Waals surface area contributed by atoms with Gasteiger partial charge in [0.05, 0.1) is 6.21 Å². The predicted molar refractivity (Wildman–Crippen MR) is 94.7 cm³/mol. The summed E-state index contributed by atoms with van der Waals surface area (Å²) in [6, 6.07) is 12.4. The number of carbonyl (C=O) groups excluding carboxylic acids is 2. The molecular weight excluding hydrogens is 358 g/mol. The van der Waals surface area contributed by atoms with E-state index in [0.717, 1.165) is 15.6 Å². The third-order valence-corrected chi connectivity index (χ3v) is 3.90. The first-order chi connectivity index (χ1) is 11.0. The number of hydrazone groups is 1. The number of anilines is 1. The van der Waals surface area contributed by atoms with Gasteiger partial charge in [-0.25, -0.2) is 5.43 Å². The lowest BCUT2D eigenvalue weighted by atomic mass is 10.2. The zero-order chi connectivity index (χ0) is 16.8. The molecule has 2 aromatic rings. The Morgan fingerprint density at radius 2 is 1.83 bits per heavy atom. The highest BCUT2D eigenvalue weighted by atomic mass is 79.9. The van der Waals surface area contributed by atoms with Gasteiger partial charge in [-0.3, -0.25) is 9.59 Å². The van der Waals surface area contributed by atoms with Gasteiger partial charge < -0.3 is 5.32 Å². The molecule has 0 aliphatic rings. The standard InChI is InChI=1S/C17H16BrN3O2/c1-11-3-4-13(9-16(11)18)10-19-21-17(23)14-5-7-15(8-6-14)20-12(2)22/h3-10H,1-2H3,(H,20,22)(H,21,23). The number of benzene rings is 2. The average molecular weight is 374 g/mol. The summed E-state index contributed by atoms with van der Waals surface area (Å²) in [5, 5.41) is 6.59. The Bertz CT molecular complexity index is 755. The first-order valence-electron chi connectivity index (χ1n) is 6.93. The van der Waals surface area contributed by atoms with Gasteiger partial charge in [0, 0.05) is 22.6 Å². The molecule has 0 bridgehead atoms. The second-order valence-electron chi connectivity index (χ2n) is 4.97. The molecule has 2 rings (SSSR count). The van der Waals surface area contributed by atoms with Gasteiger partial charge in [-0.15, -0.1) is 0 Å². The van der Waals surface area contributed by atoms with E-state index in [1.165, 1.54) is 6.92 Å². The second-order valence-corrected chi connectivity index (χ2v) is 5.82. The van der Waals surface area contributed by atoms with E-state index < -0.39 is 0 Å². The fraction of sp³-hybridized carbons (Fsp3) is 0.118. The summed E-state index contributed by atoms with van der Waals surface area (Å²) in [5.41, 5.74) is 5.58. The van der Waals surface area contributed by atoms with Crippen molar-refractivity contribution >= 4 is 39.6 Å². The summed E-state index contributed by atoms with van der Waals surface area (Å²) < 4.78 is 0.987. The van der Waals surface area contributed by atoms with Crippen LogP contribution < -0.4 is 10.7 Å². The summed E-state index contributed by atoms with van der Waals surface area (Å²) in [4.78, 5) is 22.9. The molecule has 0 spiro atoms. The van der Waals surface area contributed by atoms with Crippen LogP contribution in [0.2, 0.25) is 0 Å². The smallest absolute Gasteiger partial charge is 0.271 e. The van der Waals surface area contributed by atoms with E-state index in [4.69, 9.17) is 0 Å². The number of amides is 2. The molecule has 0 aliphatic carbocycles. The van der Waals surface area contributed by atoms with Gasteiger partial charge in [0.25, 0.3) is 5.91 Å². The van der Waals surface area contributed by atoms with Gasteiger partial charge in [0.15, 0.2) is 0 Å². The maximum atomic E-state index is 12.0. The monoisotopic (exact) mass is 373 g/mol. The van der Waals surface area contributed by atoms with Gasteiger partial charge >= 0.3 is 0 Å². The van der Waals surface area contributed by atoms with Crippen molar-refractivity contribution in [2.75, 3.05) is 5.32 Å². The van der Waals surface area contributed by atoms with Crippen molar-refractivity contribution in [3.63, 3.8) is 0 Å². The van der Waals surface area contributed by atoms with Gasteiger partial charge in [-0.05, 0) is 48.4 Å². The van der Waals surface area contributed by atoms with Crippen LogP contribution in [0.4, 0.5) is 5.69 Å². The van der Waals surface area contributed by atoms with Crippen LogP contribution in [0.15, 0.2) is 52.0 Å². The number of halogens is 1. The predicted octanol–water partition coefficient (Wildman–Crippen LogP) is 3.48. The minimum atomic E-state index is -0.318. The van der Waals surface area contributed by atoms with Crippen molar-refractivity contribution in [2.45, 2.75) is 13.8 Å². The summed E-state index contributed by atoms with van der Waals surface area (Å²) in [6.07, 6.45) is 1.58. The Labute approximate surface area is 142 Å². The van der Waals surface area contributed by atoms with Crippen LogP contribution in [0.1, 0.15) is 28.4 Å². The summed E-state index contributed by atoms with van der Waals surface area (Å²) >= 11 is 3.45. The molecule has 0 atom stereocenters. The molecule has 0 saturated carbocycles. The Morgan fingerprint density at radius 1 is 1.13 bits per heavy atom. The lowest BCUT2D eigenvalue weighted by Gasteiger charge is -2.04. The van der Waals surface area contributed by atoms with E-state index >= 15 is 0 Å². The fourth-order valence-corrected chi connectivity index (χ4v) is 2.22. The Balaban J connectivity index is 1.97. The first kappa shape index (κ1) is 16.9. The molecule has 0 radical (unpaired) electrons. The number of nitrogens with one attached hydrogen (secondary N) is 2. The summed E-state index contributed by atoms with van der Waals surface area (Å²) in [5.74, 6) is -0.474. The zero-order valence-corrected chi connectivity index (χ0v) is 14.3. The van der Waals surface area contributed by atoms with Crippen LogP contribution in [0.5, 0.6) is 0 Å². The van der Waals surface area contributed by atoms with E-state index in [2.05, 4.69) is 31.8 Å². The molecule has 2 amide bonds. The molecule has 0 aliphatic heterocycles. The zero-order valence-electron chi connectivity index (χ0n) is 12.8. The molecule has 0 saturated heterocycles.